The summed E-state index contributed by atoms with van der Waals surface area (Å²) in [6, 6.07) is 14.8. The second kappa shape index (κ2) is 6.91. The number of nitrogens with zero attached hydrogens (tertiary/aromatic N) is 4. The Bertz CT molecular complexity index is 978. The highest BCUT2D eigenvalue weighted by Crippen LogP contribution is 2.20. The van der Waals surface area contributed by atoms with Crippen molar-refractivity contribution in [3.8, 4) is 5.69 Å². The zero-order valence-electron chi connectivity index (χ0n) is 14.7. The van der Waals surface area contributed by atoms with Crippen LogP contribution in [-0.2, 0) is 0 Å². The Morgan fingerprint density at radius 2 is 1.78 bits per heavy atom. The first kappa shape index (κ1) is 16.8. The van der Waals surface area contributed by atoms with Gasteiger partial charge in [-0.15, -0.1) is 5.10 Å². The quantitative estimate of drug-likeness (QED) is 0.745. The van der Waals surface area contributed by atoms with E-state index in [2.05, 4.69) is 20.9 Å². The van der Waals surface area contributed by atoms with Gasteiger partial charge in [-0.1, -0.05) is 22.9 Å². The van der Waals surface area contributed by atoms with Gasteiger partial charge in [0, 0.05) is 24.5 Å². The van der Waals surface area contributed by atoms with Gasteiger partial charge < -0.3 is 10.6 Å². The number of hydrogen-bond donors (Lipinski definition) is 2. The summed E-state index contributed by atoms with van der Waals surface area (Å²) in [4.78, 5) is 25.7. The van der Waals surface area contributed by atoms with E-state index in [1.807, 2.05) is 31.2 Å². The highest BCUT2D eigenvalue weighted by molar-refractivity contribution is 6.03. The fourth-order valence-corrected chi connectivity index (χ4v) is 2.83. The van der Waals surface area contributed by atoms with Gasteiger partial charge >= 0.3 is 6.03 Å². The van der Waals surface area contributed by atoms with Crippen molar-refractivity contribution >= 4 is 23.3 Å². The molecule has 0 saturated carbocycles. The molecule has 0 bridgehead atoms. The molecule has 1 saturated heterocycles. The van der Waals surface area contributed by atoms with Crippen LogP contribution in [0.5, 0.6) is 0 Å². The Hall–Kier alpha value is -3.68. The molecule has 0 spiro atoms. The van der Waals surface area contributed by atoms with Gasteiger partial charge in [0.1, 0.15) is 0 Å². The summed E-state index contributed by atoms with van der Waals surface area (Å²) >= 11 is 0. The summed E-state index contributed by atoms with van der Waals surface area (Å²) in [6.45, 7) is 3.27. The van der Waals surface area contributed by atoms with Gasteiger partial charge in [0.05, 0.1) is 11.9 Å². The molecule has 136 valence electrons. The van der Waals surface area contributed by atoms with Crippen LogP contribution < -0.4 is 15.5 Å². The van der Waals surface area contributed by atoms with E-state index in [-0.39, 0.29) is 17.6 Å². The van der Waals surface area contributed by atoms with Crippen molar-refractivity contribution in [1.29, 1.82) is 0 Å². The lowest BCUT2D eigenvalue weighted by Crippen LogP contribution is -2.27. The van der Waals surface area contributed by atoms with E-state index in [0.717, 1.165) is 16.9 Å². The average molecular weight is 362 g/mol. The highest BCUT2D eigenvalue weighted by atomic mass is 16.2. The Balaban J connectivity index is 1.45. The normalized spacial score (nSPS) is 13.5. The van der Waals surface area contributed by atoms with Crippen LogP contribution in [0.2, 0.25) is 0 Å². The minimum Gasteiger partial charge on any atom is -0.336 e. The van der Waals surface area contributed by atoms with Gasteiger partial charge in [-0.2, -0.15) is 0 Å². The van der Waals surface area contributed by atoms with Crippen molar-refractivity contribution in [1.82, 2.24) is 20.3 Å². The van der Waals surface area contributed by atoms with E-state index in [9.17, 15) is 9.59 Å². The SMILES string of the molecule is Cc1ccc(-n2cc(C(=O)Nc3ccc(N4CCNC4=O)cc3)nn2)cc1. The fraction of sp³-hybridized carbons (Fsp3) is 0.158. The molecule has 0 atom stereocenters. The minimum atomic E-state index is -0.347. The number of aromatic nitrogens is 3. The Morgan fingerprint density at radius 1 is 1.07 bits per heavy atom. The lowest BCUT2D eigenvalue weighted by atomic mass is 10.2. The van der Waals surface area contributed by atoms with Crippen LogP contribution in [0.1, 0.15) is 16.1 Å². The average Bonchev–Trinajstić information content (AvgIpc) is 3.32. The van der Waals surface area contributed by atoms with Crippen LogP contribution in [0.25, 0.3) is 5.69 Å². The molecule has 8 heteroatoms. The summed E-state index contributed by atoms with van der Waals surface area (Å²) in [5, 5.41) is 13.5. The lowest BCUT2D eigenvalue weighted by Gasteiger charge is -2.14. The van der Waals surface area contributed by atoms with E-state index >= 15 is 0 Å². The smallest absolute Gasteiger partial charge is 0.321 e. The molecule has 2 heterocycles. The minimum absolute atomic E-state index is 0.112. The first-order valence-electron chi connectivity index (χ1n) is 8.56. The number of carbonyl (C=O) groups is 2. The molecule has 0 aliphatic carbocycles. The third-order valence-corrected chi connectivity index (χ3v) is 4.32. The highest BCUT2D eigenvalue weighted by Gasteiger charge is 2.21. The molecule has 1 aromatic heterocycles. The molecule has 3 amide bonds. The van der Waals surface area contributed by atoms with Crippen molar-refractivity contribution in [3.63, 3.8) is 0 Å². The van der Waals surface area contributed by atoms with Crippen LogP contribution >= 0.6 is 0 Å². The number of amides is 3. The van der Waals surface area contributed by atoms with E-state index in [1.165, 1.54) is 0 Å². The molecule has 27 heavy (non-hydrogen) atoms. The van der Waals surface area contributed by atoms with Crippen LogP contribution in [0.3, 0.4) is 0 Å². The van der Waals surface area contributed by atoms with Crippen molar-refractivity contribution in [3.05, 3.63) is 66.0 Å². The molecule has 1 aliphatic rings. The van der Waals surface area contributed by atoms with E-state index < -0.39 is 0 Å². The number of hydrogen-bond acceptors (Lipinski definition) is 4. The molecular weight excluding hydrogens is 344 g/mol. The van der Waals surface area contributed by atoms with E-state index in [4.69, 9.17) is 0 Å². The van der Waals surface area contributed by atoms with Gasteiger partial charge in [0.25, 0.3) is 5.91 Å². The fourth-order valence-electron chi connectivity index (χ4n) is 2.83. The third-order valence-electron chi connectivity index (χ3n) is 4.32. The Morgan fingerprint density at radius 3 is 2.44 bits per heavy atom. The molecule has 1 aliphatic heterocycles. The molecular formula is C19H18N6O2. The molecule has 0 unspecified atom stereocenters. The zero-order valence-corrected chi connectivity index (χ0v) is 14.7. The summed E-state index contributed by atoms with van der Waals surface area (Å²) in [5.41, 5.74) is 3.60. The predicted octanol–water partition coefficient (Wildman–Crippen LogP) is 2.36. The maximum atomic E-state index is 12.4. The summed E-state index contributed by atoms with van der Waals surface area (Å²) in [6.07, 6.45) is 1.59. The maximum Gasteiger partial charge on any atom is 0.321 e. The third kappa shape index (κ3) is 3.50. The molecule has 8 nitrogen and oxygen atoms in total. The molecule has 4 rings (SSSR count). The molecule has 3 aromatic rings. The number of urea groups is 1. The van der Waals surface area contributed by atoms with Crippen molar-refractivity contribution in [2.24, 2.45) is 0 Å². The lowest BCUT2D eigenvalue weighted by molar-refractivity contribution is 0.102. The van der Waals surface area contributed by atoms with Gasteiger partial charge in [-0.05, 0) is 43.3 Å². The standard InChI is InChI=1S/C19H18N6O2/c1-13-2-6-16(7-3-13)25-12-17(22-23-25)18(26)21-14-4-8-15(9-5-14)24-11-10-20-19(24)27/h2-9,12H,10-11H2,1H3,(H,20,27)(H,21,26). The van der Waals surface area contributed by atoms with Gasteiger partial charge in [0.2, 0.25) is 0 Å². The molecule has 1 fully saturated rings. The number of carbonyl (C=O) groups excluding carboxylic acids is 2. The van der Waals surface area contributed by atoms with Crippen molar-refractivity contribution in [2.45, 2.75) is 6.92 Å². The first-order chi connectivity index (χ1) is 13.1. The number of nitrogens with one attached hydrogen (secondary N) is 2. The van der Waals surface area contributed by atoms with E-state index in [1.54, 1.807) is 40.0 Å². The summed E-state index contributed by atoms with van der Waals surface area (Å²) in [5.74, 6) is -0.347. The van der Waals surface area contributed by atoms with Gasteiger partial charge in [0.15, 0.2) is 5.69 Å². The number of aryl methyl sites for hydroxylation is 1. The van der Waals surface area contributed by atoms with E-state index in [0.29, 0.717) is 18.8 Å². The zero-order chi connectivity index (χ0) is 18.8. The Kier molecular flexibility index (Phi) is 4.29. The van der Waals surface area contributed by atoms with Crippen LogP contribution in [0.4, 0.5) is 16.2 Å². The van der Waals surface area contributed by atoms with Crippen molar-refractivity contribution < 1.29 is 9.59 Å². The topological polar surface area (TPSA) is 92.2 Å². The second-order valence-corrected chi connectivity index (χ2v) is 6.27. The van der Waals surface area contributed by atoms with Crippen LogP contribution in [0, 0.1) is 6.92 Å². The molecule has 0 radical (unpaired) electrons. The summed E-state index contributed by atoms with van der Waals surface area (Å²) in [7, 11) is 0. The maximum absolute atomic E-state index is 12.4. The predicted molar refractivity (Wildman–Crippen MR) is 101 cm³/mol. The van der Waals surface area contributed by atoms with Crippen molar-refractivity contribution in [2.75, 3.05) is 23.3 Å². The molecule has 2 N–H and O–H groups in total. The number of benzene rings is 2. The van der Waals surface area contributed by atoms with Crippen LogP contribution in [-0.4, -0.2) is 40.0 Å². The van der Waals surface area contributed by atoms with Crippen LogP contribution in [0.15, 0.2) is 54.7 Å². The van der Waals surface area contributed by atoms with Gasteiger partial charge in [-0.3, -0.25) is 9.69 Å². The largest absolute Gasteiger partial charge is 0.336 e. The summed E-state index contributed by atoms with van der Waals surface area (Å²) < 4.78 is 1.56. The first-order valence-corrected chi connectivity index (χ1v) is 8.56. The number of anilines is 2. The molecule has 2 aromatic carbocycles. The second-order valence-electron chi connectivity index (χ2n) is 6.27. The monoisotopic (exact) mass is 362 g/mol. The Labute approximate surface area is 155 Å². The van der Waals surface area contributed by atoms with Gasteiger partial charge in [-0.25, -0.2) is 9.48 Å². The number of rotatable bonds is 4.